The first-order valence-corrected chi connectivity index (χ1v) is 25.5. The lowest BCUT2D eigenvalue weighted by Crippen LogP contribution is -2.11. The van der Waals surface area contributed by atoms with Gasteiger partial charge in [-0.1, -0.05) is 127 Å². The number of aryl methyl sites for hydroxylation is 1. The fourth-order valence-corrected chi connectivity index (χ4v) is 10.9. The van der Waals surface area contributed by atoms with Crippen molar-refractivity contribution >= 4 is 43.6 Å². The van der Waals surface area contributed by atoms with Gasteiger partial charge in [0.25, 0.3) is 0 Å². The Labute approximate surface area is 455 Å². The van der Waals surface area contributed by atoms with Gasteiger partial charge in [0.15, 0.2) is 17.5 Å². The molecule has 0 N–H and O–H groups in total. The molecule has 15 heteroatoms. The summed E-state index contributed by atoms with van der Waals surface area (Å²) < 4.78 is 132. The highest BCUT2D eigenvalue weighted by molar-refractivity contribution is 6.13. The lowest BCUT2D eigenvalue weighted by molar-refractivity contribution is -0.143. The van der Waals surface area contributed by atoms with Gasteiger partial charge in [0.2, 0.25) is 0 Å². The predicted octanol–water partition coefficient (Wildman–Crippen LogP) is 18.8. The zero-order valence-electron chi connectivity index (χ0n) is 42.4. The van der Waals surface area contributed by atoms with E-state index in [0.717, 1.165) is 57.2 Å². The number of aromatic nitrogens is 6. The van der Waals surface area contributed by atoms with Crippen LogP contribution in [0.4, 0.5) is 39.5 Å². The van der Waals surface area contributed by atoms with E-state index in [9.17, 15) is 39.5 Å². The lowest BCUT2D eigenvalue weighted by Gasteiger charge is -2.19. The Morgan fingerprint density at radius 3 is 1.27 bits per heavy atom. The zero-order chi connectivity index (χ0) is 56.0. The summed E-state index contributed by atoms with van der Waals surface area (Å²) in [5.74, 6) is 1.25. The summed E-state index contributed by atoms with van der Waals surface area (Å²) in [6, 6.07) is 58.0. The van der Waals surface area contributed by atoms with Gasteiger partial charge < -0.3 is 9.13 Å². The zero-order valence-corrected chi connectivity index (χ0v) is 42.4. The van der Waals surface area contributed by atoms with E-state index in [4.69, 9.17) is 15.0 Å². The summed E-state index contributed by atoms with van der Waals surface area (Å²) in [6.45, 7) is 1.63. The SMILES string of the molecule is Cc1cc(-c2ccc3c(c2)c2ccccc2n3-c2cc(-c3nc(-c4ccccc4)nc(-c4ccccc4)n3)ccc2-c2cnccc2-n2c3ccccc3c3cc(-c4cc(C(F)(F)F)cc(C(F)(F)F)c4)ccc32)cc(C(F)(F)F)c1. The Kier molecular flexibility index (Phi) is 12.0. The van der Waals surface area contributed by atoms with E-state index in [1.807, 2.05) is 156 Å². The summed E-state index contributed by atoms with van der Waals surface area (Å²) in [4.78, 5) is 19.8. The van der Waals surface area contributed by atoms with Crippen LogP contribution in [-0.2, 0) is 18.5 Å². The molecule has 13 rings (SSSR count). The molecular weight excluding hydrogens is 1050 g/mol. The van der Waals surface area contributed by atoms with Gasteiger partial charge in [0, 0.05) is 61.8 Å². The third kappa shape index (κ3) is 9.19. The van der Waals surface area contributed by atoms with E-state index >= 15 is 0 Å². The average molecular weight is 1090 g/mol. The van der Waals surface area contributed by atoms with Gasteiger partial charge in [-0.3, -0.25) is 4.98 Å². The number of alkyl halides is 9. The highest BCUT2D eigenvalue weighted by Crippen LogP contribution is 2.45. The highest BCUT2D eigenvalue weighted by Gasteiger charge is 2.37. The van der Waals surface area contributed by atoms with Gasteiger partial charge >= 0.3 is 18.5 Å². The van der Waals surface area contributed by atoms with Gasteiger partial charge in [-0.15, -0.1) is 0 Å². The van der Waals surface area contributed by atoms with Crippen LogP contribution in [0.3, 0.4) is 0 Å². The molecule has 13 aromatic rings. The van der Waals surface area contributed by atoms with Crippen molar-refractivity contribution in [2.24, 2.45) is 0 Å². The number of nitrogens with zero attached hydrogens (tertiary/aromatic N) is 6. The summed E-state index contributed by atoms with van der Waals surface area (Å²) in [7, 11) is 0. The van der Waals surface area contributed by atoms with Gasteiger partial charge in [0.1, 0.15) is 0 Å². The van der Waals surface area contributed by atoms with Gasteiger partial charge in [-0.25, -0.2) is 15.0 Å². The second kappa shape index (κ2) is 19.2. The predicted molar refractivity (Wildman–Crippen MR) is 299 cm³/mol. The second-order valence-corrected chi connectivity index (χ2v) is 19.7. The molecular formula is C66H39F9N6. The number of halogens is 9. The smallest absolute Gasteiger partial charge is 0.309 e. The van der Waals surface area contributed by atoms with Gasteiger partial charge in [0.05, 0.1) is 50.1 Å². The standard InChI is InChI=1S/C66H39F9N6/c1-38-28-44(30-46(29-38)64(67,68)69)41-21-25-58-53(33-41)50-17-9-11-19-56(50)81(58)60-35-43(63-78-61(39-12-4-2-5-13-39)77-62(79-63)40-14-6-3-7-15-40)20-23-51(60)54-37-76-27-26-59(54)80-55-18-10-8-16-49(55)52-34-42(22-24-57(52)80)45-31-47(65(70,71)72)36-48(32-45)66(73,74)75/h2-37H,1H3. The largest absolute Gasteiger partial charge is 0.416 e. The molecule has 0 spiro atoms. The Bertz CT molecular complexity index is 4530. The Hall–Kier alpha value is -9.89. The molecule has 4 heterocycles. The minimum Gasteiger partial charge on any atom is -0.309 e. The quantitative estimate of drug-likeness (QED) is 0.142. The Morgan fingerprint density at radius 1 is 0.321 bits per heavy atom. The van der Waals surface area contributed by atoms with E-state index in [-0.39, 0.29) is 17.2 Å². The van der Waals surface area contributed by atoms with Crippen LogP contribution in [0, 0.1) is 6.92 Å². The maximum Gasteiger partial charge on any atom is 0.416 e. The molecule has 81 heavy (non-hydrogen) atoms. The van der Waals surface area contributed by atoms with Gasteiger partial charge in [-0.2, -0.15) is 39.5 Å². The van der Waals surface area contributed by atoms with E-state index in [0.29, 0.717) is 84.0 Å². The molecule has 9 aromatic carbocycles. The number of hydrogen-bond donors (Lipinski definition) is 0. The second-order valence-electron chi connectivity index (χ2n) is 19.7. The summed E-state index contributed by atoms with van der Waals surface area (Å²) in [5, 5.41) is 2.84. The lowest BCUT2D eigenvalue weighted by atomic mass is 9.97. The molecule has 396 valence electrons. The molecule has 6 nitrogen and oxygen atoms in total. The number of pyridine rings is 1. The fourth-order valence-electron chi connectivity index (χ4n) is 10.9. The van der Waals surface area contributed by atoms with Crippen LogP contribution in [0.15, 0.2) is 219 Å². The van der Waals surface area contributed by atoms with E-state index in [1.54, 1.807) is 37.5 Å². The average Bonchev–Trinajstić information content (AvgIpc) is 3.83. The number of hydrogen-bond acceptors (Lipinski definition) is 4. The minimum atomic E-state index is -5.04. The topological polar surface area (TPSA) is 61.4 Å². The minimum absolute atomic E-state index is 0.117. The van der Waals surface area contributed by atoms with Crippen molar-refractivity contribution in [3.05, 3.63) is 241 Å². The van der Waals surface area contributed by atoms with Crippen LogP contribution in [0.25, 0.3) is 123 Å². The van der Waals surface area contributed by atoms with Gasteiger partial charge in [-0.05, 0) is 114 Å². The number of para-hydroxylation sites is 2. The molecule has 0 radical (unpaired) electrons. The van der Waals surface area contributed by atoms with Crippen LogP contribution in [0.2, 0.25) is 0 Å². The molecule has 0 fully saturated rings. The van der Waals surface area contributed by atoms with Crippen molar-refractivity contribution in [2.45, 2.75) is 25.5 Å². The highest BCUT2D eigenvalue weighted by atomic mass is 19.4. The van der Waals surface area contributed by atoms with Crippen LogP contribution in [0.5, 0.6) is 0 Å². The monoisotopic (exact) mass is 1090 g/mol. The van der Waals surface area contributed by atoms with Crippen LogP contribution < -0.4 is 0 Å². The maximum absolute atomic E-state index is 14.2. The molecule has 0 bridgehead atoms. The Balaban J connectivity index is 1.06. The molecule has 0 amide bonds. The first kappa shape index (κ1) is 50.6. The number of rotatable bonds is 8. The summed E-state index contributed by atoms with van der Waals surface area (Å²) in [5.41, 5.74) is 5.28. The van der Waals surface area contributed by atoms with Crippen molar-refractivity contribution in [3.8, 4) is 78.9 Å². The number of benzene rings is 9. The molecule has 4 aromatic heterocycles. The molecule has 0 saturated heterocycles. The van der Waals surface area contributed by atoms with Crippen LogP contribution >= 0.6 is 0 Å². The normalized spacial score (nSPS) is 12.3. The van der Waals surface area contributed by atoms with E-state index in [2.05, 4.69) is 9.55 Å². The summed E-state index contributed by atoms with van der Waals surface area (Å²) in [6.07, 6.45) is -11.3. The van der Waals surface area contributed by atoms with E-state index in [1.165, 1.54) is 6.07 Å². The van der Waals surface area contributed by atoms with Crippen LogP contribution in [0.1, 0.15) is 22.3 Å². The molecule has 0 aliphatic heterocycles. The van der Waals surface area contributed by atoms with Crippen molar-refractivity contribution in [3.63, 3.8) is 0 Å². The van der Waals surface area contributed by atoms with Crippen molar-refractivity contribution in [1.82, 2.24) is 29.1 Å². The molecule has 0 unspecified atom stereocenters. The molecule has 0 atom stereocenters. The third-order valence-corrected chi connectivity index (χ3v) is 14.5. The Morgan fingerprint density at radius 2 is 0.753 bits per heavy atom. The first-order chi connectivity index (χ1) is 38.9. The number of fused-ring (bicyclic) bond motifs is 6. The van der Waals surface area contributed by atoms with Crippen molar-refractivity contribution < 1.29 is 39.5 Å². The summed E-state index contributed by atoms with van der Waals surface area (Å²) >= 11 is 0. The van der Waals surface area contributed by atoms with Crippen molar-refractivity contribution in [2.75, 3.05) is 0 Å². The molecule has 0 aliphatic carbocycles. The molecule has 0 saturated carbocycles. The third-order valence-electron chi connectivity index (χ3n) is 14.5. The maximum atomic E-state index is 14.2. The fraction of sp³-hybridized carbons (Fsp3) is 0.0606. The first-order valence-electron chi connectivity index (χ1n) is 25.5. The van der Waals surface area contributed by atoms with Crippen LogP contribution in [-0.4, -0.2) is 29.1 Å². The molecule has 0 aliphatic rings. The van der Waals surface area contributed by atoms with E-state index < -0.39 is 35.2 Å². The van der Waals surface area contributed by atoms with Crippen molar-refractivity contribution in [1.29, 1.82) is 0 Å².